The van der Waals surface area contributed by atoms with Crippen molar-refractivity contribution < 1.29 is 4.79 Å². The lowest BCUT2D eigenvalue weighted by molar-refractivity contribution is -0.117. The SMILES string of the molecule is Cc1nc2cccc3n2c1C=C(C(=O)NC1CCN(CCC(C)C)CC1)S3. The normalized spacial score (nSPS) is 18.1. The van der Waals surface area contributed by atoms with Crippen molar-refractivity contribution >= 4 is 29.4 Å². The van der Waals surface area contributed by atoms with Crippen LogP contribution in [0.3, 0.4) is 0 Å². The Hall–Kier alpha value is -1.79. The zero-order valence-corrected chi connectivity index (χ0v) is 17.2. The van der Waals surface area contributed by atoms with Gasteiger partial charge >= 0.3 is 0 Å². The zero-order valence-electron chi connectivity index (χ0n) is 16.4. The van der Waals surface area contributed by atoms with Crippen LogP contribution < -0.4 is 5.32 Å². The van der Waals surface area contributed by atoms with Crippen LogP contribution >= 0.6 is 11.8 Å². The Morgan fingerprint density at radius 1 is 1.33 bits per heavy atom. The van der Waals surface area contributed by atoms with E-state index in [2.05, 4.69) is 39.5 Å². The van der Waals surface area contributed by atoms with Crippen molar-refractivity contribution in [2.45, 2.75) is 51.1 Å². The molecule has 1 saturated heterocycles. The van der Waals surface area contributed by atoms with Crippen molar-refractivity contribution in [2.24, 2.45) is 5.92 Å². The molecule has 4 heterocycles. The number of imidazole rings is 1. The van der Waals surface area contributed by atoms with Crippen LogP contribution in [-0.2, 0) is 4.79 Å². The molecule has 2 aliphatic heterocycles. The van der Waals surface area contributed by atoms with Gasteiger partial charge in [0.25, 0.3) is 5.91 Å². The number of carbonyl (C=O) groups is 1. The molecule has 6 heteroatoms. The van der Waals surface area contributed by atoms with Gasteiger partial charge < -0.3 is 10.2 Å². The molecule has 1 N–H and O–H groups in total. The fraction of sp³-hybridized carbons (Fsp3) is 0.524. The summed E-state index contributed by atoms with van der Waals surface area (Å²) in [7, 11) is 0. The molecular formula is C21H28N4OS. The minimum atomic E-state index is 0.0458. The molecule has 2 aliphatic rings. The van der Waals surface area contributed by atoms with Crippen LogP contribution in [-0.4, -0.2) is 45.9 Å². The van der Waals surface area contributed by atoms with Gasteiger partial charge in [-0.05, 0) is 56.9 Å². The maximum Gasteiger partial charge on any atom is 0.258 e. The van der Waals surface area contributed by atoms with Gasteiger partial charge in [-0.25, -0.2) is 4.98 Å². The first-order valence-electron chi connectivity index (χ1n) is 9.92. The highest BCUT2D eigenvalue weighted by Gasteiger charge is 2.25. The maximum atomic E-state index is 12.9. The van der Waals surface area contributed by atoms with Gasteiger partial charge in [0, 0.05) is 19.1 Å². The Morgan fingerprint density at radius 3 is 2.85 bits per heavy atom. The number of thioether (sulfide) groups is 1. The minimum absolute atomic E-state index is 0.0458. The number of nitrogens with one attached hydrogen (secondary N) is 1. The molecule has 0 aliphatic carbocycles. The Balaban J connectivity index is 1.39. The third-order valence-corrected chi connectivity index (χ3v) is 6.53. The molecule has 0 atom stereocenters. The Kier molecular flexibility index (Phi) is 5.28. The van der Waals surface area contributed by atoms with Crippen LogP contribution in [0, 0.1) is 12.8 Å². The first kappa shape index (κ1) is 18.6. The van der Waals surface area contributed by atoms with Gasteiger partial charge in [0.2, 0.25) is 0 Å². The van der Waals surface area contributed by atoms with Crippen molar-refractivity contribution in [3.63, 3.8) is 0 Å². The number of piperidine rings is 1. The number of carbonyl (C=O) groups excluding carboxylic acids is 1. The molecule has 0 spiro atoms. The van der Waals surface area contributed by atoms with Gasteiger partial charge in [0.1, 0.15) is 5.65 Å². The van der Waals surface area contributed by atoms with Crippen LogP contribution in [0.1, 0.15) is 44.5 Å². The summed E-state index contributed by atoms with van der Waals surface area (Å²) in [6.45, 7) is 9.88. The van der Waals surface area contributed by atoms with Crippen molar-refractivity contribution in [2.75, 3.05) is 19.6 Å². The molecule has 1 fully saturated rings. The molecule has 1 amide bonds. The standard InChI is InChI=1S/C21H28N4OS/c1-14(2)7-10-24-11-8-16(9-12-24)23-21(26)18-13-17-15(3)22-19-5-4-6-20(27-18)25(17)19/h4-6,13-14,16H,7-12H2,1-3H3,(H,23,26). The molecule has 4 rings (SSSR count). The molecule has 0 unspecified atom stereocenters. The summed E-state index contributed by atoms with van der Waals surface area (Å²) in [5.74, 6) is 0.795. The minimum Gasteiger partial charge on any atom is -0.349 e. The third-order valence-electron chi connectivity index (χ3n) is 5.48. The van der Waals surface area contributed by atoms with Gasteiger partial charge in [0.15, 0.2) is 0 Å². The monoisotopic (exact) mass is 384 g/mol. The van der Waals surface area contributed by atoms with Crippen molar-refractivity contribution in [1.82, 2.24) is 19.6 Å². The molecule has 144 valence electrons. The van der Waals surface area contributed by atoms with Crippen LogP contribution in [0.4, 0.5) is 0 Å². The first-order chi connectivity index (χ1) is 13.0. The van der Waals surface area contributed by atoms with E-state index in [0.29, 0.717) is 0 Å². The summed E-state index contributed by atoms with van der Waals surface area (Å²) in [6, 6.07) is 6.34. The molecule has 0 bridgehead atoms. The van der Waals surface area contributed by atoms with E-state index in [9.17, 15) is 4.79 Å². The average Bonchev–Trinajstić information content (AvgIpc) is 2.98. The van der Waals surface area contributed by atoms with Gasteiger partial charge in [-0.15, -0.1) is 0 Å². The number of nitrogens with zero attached hydrogens (tertiary/aromatic N) is 3. The van der Waals surface area contributed by atoms with Crippen molar-refractivity contribution in [3.8, 4) is 0 Å². The number of aromatic nitrogens is 2. The number of likely N-dealkylation sites (tertiary alicyclic amines) is 1. The maximum absolute atomic E-state index is 12.9. The second-order valence-electron chi connectivity index (χ2n) is 8.02. The fourth-order valence-electron chi connectivity index (χ4n) is 3.82. The summed E-state index contributed by atoms with van der Waals surface area (Å²) in [6.07, 6.45) is 5.31. The summed E-state index contributed by atoms with van der Waals surface area (Å²) in [5.41, 5.74) is 2.93. The van der Waals surface area contributed by atoms with Crippen LogP contribution in [0.5, 0.6) is 0 Å². The molecule has 2 aromatic heterocycles. The van der Waals surface area contributed by atoms with E-state index in [1.807, 2.05) is 25.1 Å². The molecule has 0 radical (unpaired) electrons. The Morgan fingerprint density at radius 2 is 2.11 bits per heavy atom. The van der Waals surface area contributed by atoms with Gasteiger partial charge in [-0.1, -0.05) is 31.7 Å². The summed E-state index contributed by atoms with van der Waals surface area (Å²) >= 11 is 1.53. The fourth-order valence-corrected chi connectivity index (χ4v) is 4.80. The van der Waals surface area contributed by atoms with Gasteiger partial charge in [0.05, 0.1) is 21.3 Å². The molecule has 0 saturated carbocycles. The highest BCUT2D eigenvalue weighted by atomic mass is 32.2. The number of rotatable bonds is 5. The highest BCUT2D eigenvalue weighted by Crippen LogP contribution is 2.35. The van der Waals surface area contributed by atoms with Crippen LogP contribution in [0.15, 0.2) is 28.1 Å². The van der Waals surface area contributed by atoms with E-state index in [1.54, 1.807) is 0 Å². The highest BCUT2D eigenvalue weighted by molar-refractivity contribution is 8.04. The number of pyridine rings is 1. The molecule has 27 heavy (non-hydrogen) atoms. The number of amides is 1. The summed E-state index contributed by atoms with van der Waals surface area (Å²) in [4.78, 5) is 20.8. The topological polar surface area (TPSA) is 49.6 Å². The van der Waals surface area contributed by atoms with Gasteiger partial charge in [-0.2, -0.15) is 0 Å². The van der Waals surface area contributed by atoms with E-state index in [0.717, 1.165) is 58.8 Å². The van der Waals surface area contributed by atoms with E-state index in [4.69, 9.17) is 0 Å². The van der Waals surface area contributed by atoms with E-state index < -0.39 is 0 Å². The Bertz CT molecular complexity index is 878. The number of hydrogen-bond donors (Lipinski definition) is 1. The molecule has 0 aromatic carbocycles. The lowest BCUT2D eigenvalue weighted by atomic mass is 10.0. The lowest BCUT2D eigenvalue weighted by Gasteiger charge is -2.33. The molecular weight excluding hydrogens is 356 g/mol. The third kappa shape index (κ3) is 3.92. The lowest BCUT2D eigenvalue weighted by Crippen LogP contribution is -2.45. The predicted molar refractivity (Wildman–Crippen MR) is 111 cm³/mol. The van der Waals surface area contributed by atoms with E-state index in [1.165, 1.54) is 24.7 Å². The smallest absolute Gasteiger partial charge is 0.258 e. The van der Waals surface area contributed by atoms with E-state index in [-0.39, 0.29) is 11.9 Å². The van der Waals surface area contributed by atoms with Gasteiger partial charge in [-0.3, -0.25) is 9.20 Å². The van der Waals surface area contributed by atoms with E-state index >= 15 is 0 Å². The van der Waals surface area contributed by atoms with Crippen molar-refractivity contribution in [3.05, 3.63) is 34.5 Å². The average molecular weight is 385 g/mol. The quantitative estimate of drug-likeness (QED) is 0.854. The molecule has 5 nitrogen and oxygen atoms in total. The Labute approximate surface area is 165 Å². The number of aryl methyl sites for hydroxylation is 1. The number of hydrogen-bond acceptors (Lipinski definition) is 4. The second kappa shape index (κ2) is 7.68. The summed E-state index contributed by atoms with van der Waals surface area (Å²) < 4.78 is 2.13. The largest absolute Gasteiger partial charge is 0.349 e. The predicted octanol–water partition coefficient (Wildman–Crippen LogP) is 3.72. The second-order valence-corrected chi connectivity index (χ2v) is 9.08. The zero-order chi connectivity index (χ0) is 19.0. The summed E-state index contributed by atoms with van der Waals surface area (Å²) in [5, 5.41) is 4.32. The van der Waals surface area contributed by atoms with Crippen molar-refractivity contribution in [1.29, 1.82) is 0 Å². The van der Waals surface area contributed by atoms with Crippen LogP contribution in [0.2, 0.25) is 0 Å². The van der Waals surface area contributed by atoms with Crippen LogP contribution in [0.25, 0.3) is 11.7 Å². The molecule has 2 aromatic rings. The first-order valence-corrected chi connectivity index (χ1v) is 10.7.